The lowest BCUT2D eigenvalue weighted by atomic mass is 10.1. The van der Waals surface area contributed by atoms with Crippen LogP contribution in [0.1, 0.15) is 12.5 Å². The molecule has 124 valence electrons. The van der Waals surface area contributed by atoms with Gasteiger partial charge in [-0.25, -0.2) is 0 Å². The van der Waals surface area contributed by atoms with E-state index in [1.165, 1.54) is 10.9 Å². The molecule has 3 aromatic rings. The molecule has 0 aliphatic heterocycles. The number of aromatic nitrogens is 1. The van der Waals surface area contributed by atoms with Crippen molar-refractivity contribution in [2.75, 3.05) is 6.54 Å². The molecule has 0 bridgehead atoms. The predicted octanol–water partition coefficient (Wildman–Crippen LogP) is 3.95. The van der Waals surface area contributed by atoms with E-state index < -0.39 is 6.10 Å². The van der Waals surface area contributed by atoms with E-state index in [9.17, 15) is 4.79 Å². The molecule has 0 aliphatic carbocycles. The van der Waals surface area contributed by atoms with Crippen LogP contribution in [0.15, 0.2) is 54.7 Å². The fourth-order valence-electron chi connectivity index (χ4n) is 2.57. The van der Waals surface area contributed by atoms with Crippen molar-refractivity contribution in [2.24, 2.45) is 0 Å². The van der Waals surface area contributed by atoms with Gasteiger partial charge in [-0.3, -0.25) is 4.79 Å². The first-order chi connectivity index (χ1) is 11.6. The highest BCUT2D eigenvalue weighted by Gasteiger charge is 2.14. The molecule has 1 heterocycles. The van der Waals surface area contributed by atoms with E-state index in [0.29, 0.717) is 17.3 Å². The van der Waals surface area contributed by atoms with Crippen LogP contribution in [-0.4, -0.2) is 23.5 Å². The Morgan fingerprint density at radius 1 is 1.21 bits per heavy atom. The summed E-state index contributed by atoms with van der Waals surface area (Å²) in [5.41, 5.74) is 2.30. The molecule has 24 heavy (non-hydrogen) atoms. The molecule has 0 spiro atoms. The molecule has 1 atom stereocenters. The van der Waals surface area contributed by atoms with E-state index in [1.54, 1.807) is 31.2 Å². The summed E-state index contributed by atoms with van der Waals surface area (Å²) < 4.78 is 5.61. The summed E-state index contributed by atoms with van der Waals surface area (Å²) in [5, 5.41) is 4.74. The van der Waals surface area contributed by atoms with Crippen LogP contribution >= 0.6 is 11.6 Å². The second-order valence-corrected chi connectivity index (χ2v) is 6.05. The second-order valence-electron chi connectivity index (χ2n) is 5.61. The minimum absolute atomic E-state index is 0.134. The van der Waals surface area contributed by atoms with Crippen molar-refractivity contribution < 1.29 is 9.53 Å². The molecule has 0 fully saturated rings. The Hall–Kier alpha value is -2.46. The van der Waals surface area contributed by atoms with Crippen molar-refractivity contribution in [2.45, 2.75) is 19.4 Å². The van der Waals surface area contributed by atoms with Crippen molar-refractivity contribution in [3.05, 3.63) is 65.3 Å². The summed E-state index contributed by atoms with van der Waals surface area (Å²) in [7, 11) is 0. The maximum Gasteiger partial charge on any atom is 0.260 e. The van der Waals surface area contributed by atoms with Crippen LogP contribution in [0.3, 0.4) is 0 Å². The van der Waals surface area contributed by atoms with Gasteiger partial charge in [-0.15, -0.1) is 0 Å². The third kappa shape index (κ3) is 3.89. The minimum atomic E-state index is -0.561. The summed E-state index contributed by atoms with van der Waals surface area (Å²) in [6, 6.07) is 15.1. The zero-order chi connectivity index (χ0) is 16.9. The monoisotopic (exact) mass is 342 g/mol. The van der Waals surface area contributed by atoms with Gasteiger partial charge in [-0.1, -0.05) is 29.8 Å². The van der Waals surface area contributed by atoms with Gasteiger partial charge in [0.1, 0.15) is 5.75 Å². The lowest BCUT2D eigenvalue weighted by Crippen LogP contribution is -2.37. The number of benzene rings is 2. The van der Waals surface area contributed by atoms with Crippen LogP contribution in [0.4, 0.5) is 0 Å². The molecule has 0 saturated carbocycles. The van der Waals surface area contributed by atoms with Crippen LogP contribution in [0.2, 0.25) is 5.02 Å². The van der Waals surface area contributed by atoms with Gasteiger partial charge in [0.2, 0.25) is 0 Å². The largest absolute Gasteiger partial charge is 0.481 e. The van der Waals surface area contributed by atoms with Crippen LogP contribution in [0, 0.1) is 0 Å². The van der Waals surface area contributed by atoms with Crippen molar-refractivity contribution in [3.63, 3.8) is 0 Å². The molecule has 2 N–H and O–H groups in total. The van der Waals surface area contributed by atoms with E-state index in [-0.39, 0.29) is 5.91 Å². The molecular weight excluding hydrogens is 324 g/mol. The zero-order valence-electron chi connectivity index (χ0n) is 13.4. The number of halogens is 1. The number of hydrogen-bond donors (Lipinski definition) is 2. The highest BCUT2D eigenvalue weighted by Crippen LogP contribution is 2.18. The Morgan fingerprint density at radius 2 is 1.96 bits per heavy atom. The molecule has 0 aliphatic rings. The normalized spacial score (nSPS) is 12.1. The van der Waals surface area contributed by atoms with Crippen molar-refractivity contribution in [1.29, 1.82) is 0 Å². The first kappa shape index (κ1) is 16.4. The number of amides is 1. The third-order valence-electron chi connectivity index (χ3n) is 3.86. The molecule has 0 saturated heterocycles. The Kier molecular flexibility index (Phi) is 5.06. The summed E-state index contributed by atoms with van der Waals surface area (Å²) in [6.45, 7) is 2.30. The lowest BCUT2D eigenvalue weighted by Gasteiger charge is -2.14. The fourth-order valence-corrected chi connectivity index (χ4v) is 2.70. The standard InChI is InChI=1S/C19H19ClN2O2/c1-13(24-16-8-6-15(20)7-9-16)19(23)21-11-10-14-12-22-18-5-3-2-4-17(14)18/h2-9,12-13,22H,10-11H2,1H3,(H,21,23). The number of ether oxygens (including phenoxy) is 1. The average molecular weight is 343 g/mol. The van der Waals surface area contributed by atoms with E-state index in [0.717, 1.165) is 11.9 Å². The molecule has 1 unspecified atom stereocenters. The molecule has 3 rings (SSSR count). The number of para-hydroxylation sites is 1. The number of H-pyrrole nitrogens is 1. The number of carbonyl (C=O) groups excluding carboxylic acids is 1. The van der Waals surface area contributed by atoms with Gasteiger partial charge < -0.3 is 15.0 Å². The van der Waals surface area contributed by atoms with E-state index >= 15 is 0 Å². The number of hydrogen-bond acceptors (Lipinski definition) is 2. The van der Waals surface area contributed by atoms with Gasteiger partial charge in [-0.2, -0.15) is 0 Å². The molecule has 1 amide bonds. The van der Waals surface area contributed by atoms with E-state index in [1.807, 2.05) is 24.4 Å². The first-order valence-electron chi connectivity index (χ1n) is 7.88. The number of carbonyl (C=O) groups is 1. The molecule has 0 radical (unpaired) electrons. The van der Waals surface area contributed by atoms with Gasteiger partial charge in [0, 0.05) is 28.7 Å². The summed E-state index contributed by atoms with van der Waals surface area (Å²) in [4.78, 5) is 15.4. The number of aromatic amines is 1. The Balaban J connectivity index is 1.50. The van der Waals surface area contributed by atoms with E-state index in [4.69, 9.17) is 16.3 Å². The Bertz CT molecular complexity index is 827. The third-order valence-corrected chi connectivity index (χ3v) is 4.12. The number of rotatable bonds is 6. The van der Waals surface area contributed by atoms with Crippen LogP contribution < -0.4 is 10.1 Å². The number of fused-ring (bicyclic) bond motifs is 1. The Morgan fingerprint density at radius 3 is 2.75 bits per heavy atom. The quantitative estimate of drug-likeness (QED) is 0.712. The molecule has 2 aromatic carbocycles. The zero-order valence-corrected chi connectivity index (χ0v) is 14.1. The van der Waals surface area contributed by atoms with Gasteiger partial charge in [0.05, 0.1) is 0 Å². The van der Waals surface area contributed by atoms with Crippen LogP contribution in [0.5, 0.6) is 5.75 Å². The SMILES string of the molecule is CC(Oc1ccc(Cl)cc1)C(=O)NCCc1c[nH]c2ccccc12. The molecule has 5 heteroatoms. The average Bonchev–Trinajstić information content (AvgIpc) is 3.00. The fraction of sp³-hybridized carbons (Fsp3) is 0.211. The Labute approximate surface area is 145 Å². The molecular formula is C19H19ClN2O2. The van der Waals surface area contributed by atoms with Crippen molar-refractivity contribution in [1.82, 2.24) is 10.3 Å². The maximum absolute atomic E-state index is 12.1. The first-order valence-corrected chi connectivity index (χ1v) is 8.26. The summed E-state index contributed by atoms with van der Waals surface area (Å²) in [5.74, 6) is 0.489. The predicted molar refractivity (Wildman–Crippen MR) is 96.6 cm³/mol. The highest BCUT2D eigenvalue weighted by atomic mass is 35.5. The summed E-state index contributed by atoms with van der Waals surface area (Å²) >= 11 is 5.83. The summed E-state index contributed by atoms with van der Waals surface area (Å²) in [6.07, 6.45) is 2.20. The van der Waals surface area contributed by atoms with Gasteiger partial charge in [0.25, 0.3) is 5.91 Å². The van der Waals surface area contributed by atoms with Gasteiger partial charge >= 0.3 is 0 Å². The molecule has 1 aromatic heterocycles. The van der Waals surface area contributed by atoms with E-state index in [2.05, 4.69) is 16.4 Å². The van der Waals surface area contributed by atoms with Crippen molar-refractivity contribution >= 4 is 28.4 Å². The van der Waals surface area contributed by atoms with Gasteiger partial charge in [0.15, 0.2) is 6.10 Å². The minimum Gasteiger partial charge on any atom is -0.481 e. The smallest absolute Gasteiger partial charge is 0.260 e. The molecule has 4 nitrogen and oxygen atoms in total. The van der Waals surface area contributed by atoms with Crippen LogP contribution in [-0.2, 0) is 11.2 Å². The topological polar surface area (TPSA) is 54.1 Å². The number of nitrogens with one attached hydrogen (secondary N) is 2. The second kappa shape index (κ2) is 7.41. The maximum atomic E-state index is 12.1. The lowest BCUT2D eigenvalue weighted by molar-refractivity contribution is -0.127. The van der Waals surface area contributed by atoms with Crippen LogP contribution in [0.25, 0.3) is 10.9 Å². The highest BCUT2D eigenvalue weighted by molar-refractivity contribution is 6.30. The van der Waals surface area contributed by atoms with Gasteiger partial charge in [-0.05, 0) is 49.2 Å². The van der Waals surface area contributed by atoms with Crippen molar-refractivity contribution in [3.8, 4) is 5.75 Å².